The molecule has 0 bridgehead atoms. The van der Waals surface area contributed by atoms with E-state index >= 15 is 0 Å². The van der Waals surface area contributed by atoms with Gasteiger partial charge in [-0.15, -0.1) is 0 Å². The molecule has 0 radical (unpaired) electrons. The minimum absolute atomic E-state index is 0.0804. The average Bonchev–Trinajstić information content (AvgIpc) is 2.77. The van der Waals surface area contributed by atoms with Crippen molar-refractivity contribution in [2.75, 3.05) is 21.3 Å². The SMILES string of the molecule is CCCc1cc(CO)cc(CCC)c1OC(C(=O)O)c1cc(OC)c(OC)c(OC)c1. The van der Waals surface area contributed by atoms with E-state index in [1.807, 2.05) is 26.0 Å². The van der Waals surface area contributed by atoms with E-state index in [4.69, 9.17) is 18.9 Å². The second kappa shape index (κ2) is 11.5. The van der Waals surface area contributed by atoms with Gasteiger partial charge in [0.2, 0.25) is 11.9 Å². The molecule has 7 nitrogen and oxygen atoms in total. The summed E-state index contributed by atoms with van der Waals surface area (Å²) in [4.78, 5) is 12.2. The number of methoxy groups -OCH3 is 3. The summed E-state index contributed by atoms with van der Waals surface area (Å²) < 4.78 is 22.3. The zero-order valence-corrected chi connectivity index (χ0v) is 18.9. The zero-order chi connectivity index (χ0) is 23.0. The number of rotatable bonds is 12. The predicted molar refractivity (Wildman–Crippen MR) is 117 cm³/mol. The first-order valence-electron chi connectivity index (χ1n) is 10.4. The summed E-state index contributed by atoms with van der Waals surface area (Å²) in [6.45, 7) is 4.01. The van der Waals surface area contributed by atoms with Crippen molar-refractivity contribution >= 4 is 5.97 Å². The highest BCUT2D eigenvalue weighted by molar-refractivity contribution is 5.76. The van der Waals surface area contributed by atoms with Crippen molar-refractivity contribution in [1.29, 1.82) is 0 Å². The number of aliphatic hydroxyl groups excluding tert-OH is 1. The Kier molecular flexibility index (Phi) is 9.00. The zero-order valence-electron chi connectivity index (χ0n) is 18.9. The maximum Gasteiger partial charge on any atom is 0.349 e. The van der Waals surface area contributed by atoms with E-state index in [0.717, 1.165) is 29.5 Å². The Morgan fingerprint density at radius 2 is 1.39 bits per heavy atom. The lowest BCUT2D eigenvalue weighted by molar-refractivity contribution is -0.145. The topological polar surface area (TPSA) is 94.5 Å². The number of carboxylic acid groups (broad SMARTS) is 1. The number of aryl methyl sites for hydroxylation is 2. The molecular weight excluding hydrogens is 400 g/mol. The number of hydrogen-bond donors (Lipinski definition) is 2. The maximum atomic E-state index is 12.2. The predicted octanol–water partition coefficient (Wildman–Crippen LogP) is 4.31. The molecule has 31 heavy (non-hydrogen) atoms. The first kappa shape index (κ1) is 24.3. The van der Waals surface area contributed by atoms with E-state index in [9.17, 15) is 15.0 Å². The quantitative estimate of drug-likeness (QED) is 0.516. The molecule has 1 unspecified atom stereocenters. The van der Waals surface area contributed by atoms with Crippen LogP contribution in [0.5, 0.6) is 23.0 Å². The summed E-state index contributed by atoms with van der Waals surface area (Å²) in [5.41, 5.74) is 2.93. The Labute approximate surface area is 183 Å². The van der Waals surface area contributed by atoms with Gasteiger partial charge in [-0.3, -0.25) is 0 Å². The second-order valence-corrected chi connectivity index (χ2v) is 7.20. The fourth-order valence-electron chi connectivity index (χ4n) is 3.61. The van der Waals surface area contributed by atoms with Crippen molar-refractivity contribution in [1.82, 2.24) is 0 Å². The number of benzene rings is 2. The van der Waals surface area contributed by atoms with Gasteiger partial charge in [-0.2, -0.15) is 0 Å². The number of hydrogen-bond acceptors (Lipinski definition) is 6. The molecule has 1 atom stereocenters. The lowest BCUT2D eigenvalue weighted by Crippen LogP contribution is -2.20. The van der Waals surface area contributed by atoms with Gasteiger partial charge in [0.15, 0.2) is 11.5 Å². The highest BCUT2D eigenvalue weighted by Crippen LogP contribution is 2.41. The summed E-state index contributed by atoms with van der Waals surface area (Å²) in [7, 11) is 4.44. The first-order valence-corrected chi connectivity index (χ1v) is 10.4. The van der Waals surface area contributed by atoms with Crippen LogP contribution in [0.15, 0.2) is 24.3 Å². The van der Waals surface area contributed by atoms with E-state index in [0.29, 0.717) is 41.4 Å². The van der Waals surface area contributed by atoms with Crippen molar-refractivity contribution in [3.8, 4) is 23.0 Å². The molecule has 7 heteroatoms. The Morgan fingerprint density at radius 1 is 0.871 bits per heavy atom. The molecule has 2 aromatic carbocycles. The summed E-state index contributed by atoms with van der Waals surface area (Å²) >= 11 is 0. The lowest BCUT2D eigenvalue weighted by atomic mass is 9.98. The van der Waals surface area contributed by atoms with Crippen molar-refractivity contribution in [2.24, 2.45) is 0 Å². The standard InChI is InChI=1S/C24H32O7/c1-6-8-16-10-15(14-25)11-17(9-7-2)21(16)31-22(24(26)27)18-12-19(28-3)23(30-5)20(13-18)29-4/h10-13,22,25H,6-9,14H2,1-5H3,(H,26,27). The van der Waals surface area contributed by atoms with Crippen molar-refractivity contribution in [3.05, 3.63) is 46.5 Å². The molecule has 0 aliphatic heterocycles. The number of ether oxygens (including phenoxy) is 4. The molecule has 0 heterocycles. The first-order chi connectivity index (χ1) is 14.9. The van der Waals surface area contributed by atoms with Gasteiger partial charge in [0, 0.05) is 5.56 Å². The van der Waals surface area contributed by atoms with Crippen molar-refractivity contribution in [2.45, 2.75) is 52.2 Å². The summed E-state index contributed by atoms with van der Waals surface area (Å²) in [5, 5.41) is 19.7. The van der Waals surface area contributed by atoms with Gasteiger partial charge in [0.25, 0.3) is 0 Å². The molecule has 0 amide bonds. The number of aliphatic hydroxyl groups is 1. The minimum Gasteiger partial charge on any atom is -0.493 e. The molecule has 0 saturated carbocycles. The van der Waals surface area contributed by atoms with Gasteiger partial charge in [-0.1, -0.05) is 26.7 Å². The van der Waals surface area contributed by atoms with Crippen LogP contribution in [-0.4, -0.2) is 37.5 Å². The van der Waals surface area contributed by atoms with Crippen LogP contribution in [0.2, 0.25) is 0 Å². The molecule has 0 aromatic heterocycles. The Morgan fingerprint density at radius 3 is 1.74 bits per heavy atom. The molecule has 170 valence electrons. The molecule has 0 aliphatic rings. The molecule has 0 spiro atoms. The smallest absolute Gasteiger partial charge is 0.349 e. The molecule has 0 aliphatic carbocycles. The largest absolute Gasteiger partial charge is 0.493 e. The normalized spacial score (nSPS) is 11.7. The third kappa shape index (κ3) is 5.61. The van der Waals surface area contributed by atoms with Crippen LogP contribution in [0.1, 0.15) is 55.0 Å². The van der Waals surface area contributed by atoms with Crippen LogP contribution in [0.4, 0.5) is 0 Å². The van der Waals surface area contributed by atoms with Crippen molar-refractivity contribution in [3.63, 3.8) is 0 Å². The number of carboxylic acids is 1. The van der Waals surface area contributed by atoms with Gasteiger partial charge in [0.1, 0.15) is 5.75 Å². The van der Waals surface area contributed by atoms with Crippen LogP contribution < -0.4 is 18.9 Å². The summed E-state index contributed by atoms with van der Waals surface area (Å²) in [6.07, 6.45) is 1.86. The minimum atomic E-state index is -1.28. The van der Waals surface area contributed by atoms with E-state index in [1.54, 1.807) is 12.1 Å². The number of carbonyl (C=O) groups is 1. The van der Waals surface area contributed by atoms with E-state index < -0.39 is 12.1 Å². The summed E-state index contributed by atoms with van der Waals surface area (Å²) in [6, 6.07) is 6.93. The van der Waals surface area contributed by atoms with Gasteiger partial charge in [-0.05, 0) is 53.8 Å². The highest BCUT2D eigenvalue weighted by Gasteiger charge is 2.28. The van der Waals surface area contributed by atoms with E-state index in [2.05, 4.69) is 0 Å². The number of aliphatic carboxylic acids is 1. The molecule has 0 saturated heterocycles. The van der Waals surface area contributed by atoms with Crippen LogP contribution in [0.25, 0.3) is 0 Å². The highest BCUT2D eigenvalue weighted by atomic mass is 16.5. The van der Waals surface area contributed by atoms with Crippen LogP contribution in [-0.2, 0) is 24.2 Å². The Bertz CT molecular complexity index is 839. The van der Waals surface area contributed by atoms with Crippen LogP contribution in [0, 0.1) is 0 Å². The maximum absolute atomic E-state index is 12.2. The van der Waals surface area contributed by atoms with Gasteiger partial charge in [0.05, 0.1) is 27.9 Å². The molecular formula is C24H32O7. The molecule has 2 rings (SSSR count). The summed E-state index contributed by atoms with van der Waals surface area (Å²) in [5.74, 6) is 0.505. The average molecular weight is 433 g/mol. The monoisotopic (exact) mass is 432 g/mol. The Balaban J connectivity index is 2.62. The van der Waals surface area contributed by atoms with E-state index in [1.165, 1.54) is 21.3 Å². The van der Waals surface area contributed by atoms with E-state index in [-0.39, 0.29) is 6.61 Å². The van der Waals surface area contributed by atoms with Crippen LogP contribution >= 0.6 is 0 Å². The third-order valence-electron chi connectivity index (χ3n) is 4.97. The fraction of sp³-hybridized carbons (Fsp3) is 0.458. The molecule has 2 N–H and O–H groups in total. The van der Waals surface area contributed by atoms with Crippen LogP contribution in [0.3, 0.4) is 0 Å². The van der Waals surface area contributed by atoms with Gasteiger partial charge < -0.3 is 29.2 Å². The molecule has 0 fully saturated rings. The third-order valence-corrected chi connectivity index (χ3v) is 4.97. The lowest BCUT2D eigenvalue weighted by Gasteiger charge is -2.23. The van der Waals surface area contributed by atoms with Crippen molar-refractivity contribution < 1.29 is 34.0 Å². The second-order valence-electron chi connectivity index (χ2n) is 7.20. The molecule has 2 aromatic rings. The fourth-order valence-corrected chi connectivity index (χ4v) is 3.61. The Hall–Kier alpha value is -2.93. The van der Waals surface area contributed by atoms with Gasteiger partial charge >= 0.3 is 5.97 Å². The van der Waals surface area contributed by atoms with Gasteiger partial charge in [-0.25, -0.2) is 4.79 Å².